The van der Waals surface area contributed by atoms with Gasteiger partial charge in [-0.15, -0.1) is 0 Å². The van der Waals surface area contributed by atoms with Gasteiger partial charge in [0, 0.05) is 7.05 Å². The summed E-state index contributed by atoms with van der Waals surface area (Å²) in [5.41, 5.74) is 2.85. The zero-order valence-corrected chi connectivity index (χ0v) is 18.2. The minimum Gasteiger partial charge on any atom is -0.345 e. The quantitative estimate of drug-likeness (QED) is 0.607. The Hall–Kier alpha value is -3.12. The van der Waals surface area contributed by atoms with E-state index in [1.165, 1.54) is 24.7 Å². The van der Waals surface area contributed by atoms with Crippen LogP contribution in [0.1, 0.15) is 41.4 Å². The highest BCUT2D eigenvalue weighted by Gasteiger charge is 2.25. The van der Waals surface area contributed by atoms with Crippen molar-refractivity contribution < 1.29 is 13.2 Å². The highest BCUT2D eigenvalue weighted by molar-refractivity contribution is 7.92. The lowest BCUT2D eigenvalue weighted by molar-refractivity contribution is 0.0940. The van der Waals surface area contributed by atoms with Crippen LogP contribution in [0.5, 0.6) is 0 Å². The molecule has 0 heterocycles. The third kappa shape index (κ3) is 4.54. The van der Waals surface area contributed by atoms with Gasteiger partial charge in [-0.25, -0.2) is 8.42 Å². The lowest BCUT2D eigenvalue weighted by atomic mass is 10.0. The second-order valence-electron chi connectivity index (χ2n) is 7.09. The lowest BCUT2D eigenvalue weighted by Crippen LogP contribution is -2.31. The summed E-state index contributed by atoms with van der Waals surface area (Å²) in [6.07, 6.45) is 0.955. The SMILES string of the molecule is CCc1ccc(C(C)NC(=O)c2ccccc2N(C)S(=O)(=O)c2ccccc2)cc1. The van der Waals surface area contributed by atoms with Gasteiger partial charge in [0.2, 0.25) is 0 Å². The molecule has 5 nitrogen and oxygen atoms in total. The number of hydrogen-bond donors (Lipinski definition) is 1. The molecule has 0 aliphatic heterocycles. The van der Waals surface area contributed by atoms with E-state index >= 15 is 0 Å². The Morgan fingerprint density at radius 1 is 0.933 bits per heavy atom. The summed E-state index contributed by atoms with van der Waals surface area (Å²) in [5.74, 6) is -0.326. The molecule has 3 aromatic carbocycles. The van der Waals surface area contributed by atoms with E-state index in [1.54, 1.807) is 42.5 Å². The Morgan fingerprint density at radius 2 is 1.53 bits per heavy atom. The minimum absolute atomic E-state index is 0.173. The van der Waals surface area contributed by atoms with Crippen LogP contribution in [0, 0.1) is 0 Å². The first-order valence-electron chi connectivity index (χ1n) is 9.87. The second-order valence-corrected chi connectivity index (χ2v) is 9.06. The van der Waals surface area contributed by atoms with Crippen LogP contribution in [0.25, 0.3) is 0 Å². The Kier molecular flexibility index (Phi) is 6.57. The standard InChI is InChI=1S/C24H26N2O3S/c1-4-19-14-16-20(17-15-19)18(2)25-24(27)22-12-8-9-13-23(22)26(3)30(28,29)21-10-6-5-7-11-21/h5-18H,4H2,1-3H3,(H,25,27). The number of nitrogens with one attached hydrogen (secondary N) is 1. The number of sulfonamides is 1. The molecule has 0 saturated heterocycles. The summed E-state index contributed by atoms with van der Waals surface area (Å²) >= 11 is 0. The number of hydrogen-bond acceptors (Lipinski definition) is 3. The van der Waals surface area contributed by atoms with Gasteiger partial charge in [0.25, 0.3) is 15.9 Å². The van der Waals surface area contributed by atoms with Crippen LogP contribution in [-0.4, -0.2) is 21.4 Å². The van der Waals surface area contributed by atoms with Crippen LogP contribution < -0.4 is 9.62 Å². The maximum absolute atomic E-state index is 13.0. The molecule has 0 radical (unpaired) electrons. The fourth-order valence-electron chi connectivity index (χ4n) is 3.22. The predicted molar refractivity (Wildman–Crippen MR) is 120 cm³/mol. The van der Waals surface area contributed by atoms with Crippen LogP contribution in [-0.2, 0) is 16.4 Å². The molecule has 156 valence electrons. The molecule has 3 aromatic rings. The zero-order chi connectivity index (χ0) is 21.7. The molecule has 0 aromatic heterocycles. The summed E-state index contributed by atoms with van der Waals surface area (Å²) in [6.45, 7) is 4.00. The maximum Gasteiger partial charge on any atom is 0.264 e. The monoisotopic (exact) mass is 422 g/mol. The summed E-state index contributed by atoms with van der Waals surface area (Å²) in [4.78, 5) is 13.2. The summed E-state index contributed by atoms with van der Waals surface area (Å²) < 4.78 is 27.2. The minimum atomic E-state index is -3.78. The zero-order valence-electron chi connectivity index (χ0n) is 17.4. The number of carbonyl (C=O) groups is 1. The highest BCUT2D eigenvalue weighted by Crippen LogP contribution is 2.26. The lowest BCUT2D eigenvalue weighted by Gasteiger charge is -2.23. The number of rotatable bonds is 7. The molecule has 1 unspecified atom stereocenters. The number of aryl methyl sites for hydroxylation is 1. The largest absolute Gasteiger partial charge is 0.345 e. The summed E-state index contributed by atoms with van der Waals surface area (Å²) in [5, 5.41) is 2.98. The number of benzene rings is 3. The first kappa shape index (κ1) is 21.6. The Morgan fingerprint density at radius 3 is 2.17 bits per heavy atom. The highest BCUT2D eigenvalue weighted by atomic mass is 32.2. The number of amides is 1. The van der Waals surface area contributed by atoms with Crippen molar-refractivity contribution in [3.8, 4) is 0 Å². The number of para-hydroxylation sites is 1. The molecule has 1 amide bonds. The van der Waals surface area contributed by atoms with Crippen LogP contribution in [0.2, 0.25) is 0 Å². The van der Waals surface area contributed by atoms with Crippen LogP contribution in [0.15, 0.2) is 83.8 Å². The fourth-order valence-corrected chi connectivity index (χ4v) is 4.46. The molecule has 30 heavy (non-hydrogen) atoms. The molecule has 6 heteroatoms. The van der Waals surface area contributed by atoms with E-state index in [9.17, 15) is 13.2 Å². The number of carbonyl (C=O) groups excluding carboxylic acids is 1. The average molecular weight is 423 g/mol. The van der Waals surface area contributed by atoms with Gasteiger partial charge in [0.15, 0.2) is 0 Å². The fraction of sp³-hybridized carbons (Fsp3) is 0.208. The van der Waals surface area contributed by atoms with Crippen LogP contribution in [0.4, 0.5) is 5.69 Å². The molecule has 1 atom stereocenters. The van der Waals surface area contributed by atoms with Crippen LogP contribution in [0.3, 0.4) is 0 Å². The van der Waals surface area contributed by atoms with E-state index < -0.39 is 10.0 Å². The van der Waals surface area contributed by atoms with Gasteiger partial charge < -0.3 is 5.32 Å². The third-order valence-corrected chi connectivity index (χ3v) is 6.91. The molecule has 0 aliphatic carbocycles. The van der Waals surface area contributed by atoms with Gasteiger partial charge in [-0.1, -0.05) is 61.5 Å². The van der Waals surface area contributed by atoms with Crippen molar-refractivity contribution >= 4 is 21.6 Å². The molecule has 0 aliphatic rings. The topological polar surface area (TPSA) is 66.5 Å². The Bertz CT molecular complexity index is 1110. The molecule has 0 spiro atoms. The predicted octanol–water partition coefficient (Wildman–Crippen LogP) is 4.57. The smallest absolute Gasteiger partial charge is 0.264 e. The Balaban J connectivity index is 1.86. The van der Waals surface area contributed by atoms with E-state index in [2.05, 4.69) is 12.2 Å². The van der Waals surface area contributed by atoms with E-state index in [1.807, 2.05) is 31.2 Å². The van der Waals surface area contributed by atoms with E-state index in [0.29, 0.717) is 11.3 Å². The first-order valence-corrected chi connectivity index (χ1v) is 11.3. The van der Waals surface area contributed by atoms with Crippen LogP contribution >= 0.6 is 0 Å². The van der Waals surface area contributed by atoms with Gasteiger partial charge in [0.1, 0.15) is 0 Å². The normalized spacial score (nSPS) is 12.2. The van der Waals surface area contributed by atoms with Gasteiger partial charge in [-0.05, 0) is 48.7 Å². The van der Waals surface area contributed by atoms with Gasteiger partial charge >= 0.3 is 0 Å². The number of anilines is 1. The molecular formula is C24H26N2O3S. The molecule has 3 rings (SSSR count). The average Bonchev–Trinajstić information content (AvgIpc) is 2.79. The van der Waals surface area contributed by atoms with E-state index in [4.69, 9.17) is 0 Å². The molecule has 0 fully saturated rings. The van der Waals surface area contributed by atoms with Crippen molar-refractivity contribution in [3.63, 3.8) is 0 Å². The summed E-state index contributed by atoms with van der Waals surface area (Å²) in [7, 11) is -2.32. The number of nitrogens with zero attached hydrogens (tertiary/aromatic N) is 1. The molecular weight excluding hydrogens is 396 g/mol. The second kappa shape index (κ2) is 9.13. The van der Waals surface area contributed by atoms with Crippen molar-refractivity contribution in [1.82, 2.24) is 5.32 Å². The summed E-state index contributed by atoms with van der Waals surface area (Å²) in [6, 6.07) is 22.8. The maximum atomic E-state index is 13.0. The van der Waals surface area contributed by atoms with E-state index in [-0.39, 0.29) is 16.8 Å². The molecule has 0 bridgehead atoms. The molecule has 1 N–H and O–H groups in total. The van der Waals surface area contributed by atoms with E-state index in [0.717, 1.165) is 16.3 Å². The van der Waals surface area contributed by atoms with Gasteiger partial charge in [-0.2, -0.15) is 0 Å². The van der Waals surface area contributed by atoms with Crippen molar-refractivity contribution in [2.75, 3.05) is 11.4 Å². The van der Waals surface area contributed by atoms with Gasteiger partial charge in [-0.3, -0.25) is 9.10 Å². The van der Waals surface area contributed by atoms with Gasteiger partial charge in [0.05, 0.1) is 22.2 Å². The van der Waals surface area contributed by atoms with Crippen molar-refractivity contribution in [1.29, 1.82) is 0 Å². The van der Waals surface area contributed by atoms with Crippen molar-refractivity contribution in [2.45, 2.75) is 31.2 Å². The Labute approximate surface area is 178 Å². The van der Waals surface area contributed by atoms with Crippen molar-refractivity contribution in [2.24, 2.45) is 0 Å². The van der Waals surface area contributed by atoms with Crippen molar-refractivity contribution in [3.05, 3.63) is 95.6 Å². The molecule has 0 saturated carbocycles. The first-order chi connectivity index (χ1) is 14.3. The third-order valence-electron chi connectivity index (χ3n) is 5.13.